The highest BCUT2D eigenvalue weighted by Crippen LogP contribution is 2.39. The first-order chi connectivity index (χ1) is 16.6. The first-order valence-electron chi connectivity index (χ1n) is 11.0. The van der Waals surface area contributed by atoms with Crippen molar-refractivity contribution in [2.24, 2.45) is 5.73 Å². The molecule has 1 aliphatic rings. The highest BCUT2D eigenvalue weighted by atomic mass is 32.1. The van der Waals surface area contributed by atoms with Crippen LogP contribution in [0.25, 0.3) is 10.4 Å². The third-order valence-corrected chi connectivity index (χ3v) is 6.72. The summed E-state index contributed by atoms with van der Waals surface area (Å²) in [6.07, 6.45) is -1.98. The van der Waals surface area contributed by atoms with Gasteiger partial charge in [0, 0.05) is 6.20 Å². The molecule has 1 aromatic heterocycles. The average molecular weight is 511 g/mol. The van der Waals surface area contributed by atoms with Gasteiger partial charge in [-0.3, -0.25) is 4.90 Å². The standard InChI is InChI=1S/C22H20F4N4O2S.C2H6/c23-16-6-3-14(22(24,25)26)11-17(16)30(20(27)31)15-4-1-13(2-5-15)18-12-29-19(33-18)21(32)7-9-28-10-8-21;1-2/h1-6,11-12,28,32H,7-10H2,(H2,27,31);1-2H3. The summed E-state index contributed by atoms with van der Waals surface area (Å²) in [5.74, 6) is -1.02. The van der Waals surface area contributed by atoms with Gasteiger partial charge in [-0.05, 0) is 61.8 Å². The van der Waals surface area contributed by atoms with Gasteiger partial charge in [-0.1, -0.05) is 26.0 Å². The van der Waals surface area contributed by atoms with Crippen molar-refractivity contribution in [2.45, 2.75) is 38.5 Å². The molecule has 6 nitrogen and oxygen atoms in total. The van der Waals surface area contributed by atoms with Gasteiger partial charge >= 0.3 is 12.2 Å². The lowest BCUT2D eigenvalue weighted by Gasteiger charge is -2.30. The molecule has 0 aliphatic carbocycles. The second-order valence-corrected chi connectivity index (χ2v) is 8.73. The Bertz CT molecular complexity index is 1160. The van der Waals surface area contributed by atoms with Crippen molar-refractivity contribution in [2.75, 3.05) is 18.0 Å². The van der Waals surface area contributed by atoms with Crippen molar-refractivity contribution in [3.63, 3.8) is 0 Å². The molecule has 1 aliphatic heterocycles. The van der Waals surface area contributed by atoms with E-state index in [1.165, 1.54) is 23.5 Å². The highest BCUT2D eigenvalue weighted by molar-refractivity contribution is 7.15. The fraction of sp³-hybridized carbons (Fsp3) is 0.333. The SMILES string of the molecule is CC.NC(=O)N(c1ccc(-c2cnc(C3(O)CCNCC3)s2)cc1)c1cc(C(F)(F)F)ccc1F. The number of nitrogens with one attached hydrogen (secondary N) is 1. The van der Waals surface area contributed by atoms with Crippen molar-refractivity contribution >= 4 is 28.7 Å². The van der Waals surface area contributed by atoms with Crippen molar-refractivity contribution < 1.29 is 27.5 Å². The molecule has 0 atom stereocenters. The van der Waals surface area contributed by atoms with E-state index in [0.29, 0.717) is 59.6 Å². The minimum absolute atomic E-state index is 0.103. The number of piperidine rings is 1. The molecule has 35 heavy (non-hydrogen) atoms. The highest BCUT2D eigenvalue weighted by Gasteiger charge is 2.34. The van der Waals surface area contributed by atoms with Gasteiger partial charge in [0.2, 0.25) is 0 Å². The molecular formula is C24H26F4N4O2S. The molecular weight excluding hydrogens is 484 g/mol. The molecule has 1 fully saturated rings. The third-order valence-electron chi connectivity index (χ3n) is 5.48. The summed E-state index contributed by atoms with van der Waals surface area (Å²) in [5, 5.41) is 14.6. The largest absolute Gasteiger partial charge is 0.416 e. The number of halogens is 4. The number of nitrogens with two attached hydrogens (primary N) is 1. The molecule has 11 heteroatoms. The number of hydrogen-bond donors (Lipinski definition) is 3. The number of hydrogen-bond acceptors (Lipinski definition) is 5. The van der Waals surface area contributed by atoms with Gasteiger partial charge in [0.05, 0.1) is 21.8 Å². The molecule has 4 rings (SSSR count). The van der Waals surface area contributed by atoms with Crippen LogP contribution in [0.5, 0.6) is 0 Å². The van der Waals surface area contributed by atoms with Crippen LogP contribution in [0, 0.1) is 5.82 Å². The lowest BCUT2D eigenvalue weighted by Crippen LogP contribution is -2.39. The van der Waals surface area contributed by atoms with Gasteiger partial charge in [0.25, 0.3) is 0 Å². The van der Waals surface area contributed by atoms with E-state index in [9.17, 15) is 27.5 Å². The predicted molar refractivity (Wildman–Crippen MR) is 128 cm³/mol. The maximum Gasteiger partial charge on any atom is 0.416 e. The van der Waals surface area contributed by atoms with Crippen LogP contribution >= 0.6 is 11.3 Å². The number of amides is 2. The summed E-state index contributed by atoms with van der Waals surface area (Å²) in [5.41, 5.74) is 3.51. The smallest absolute Gasteiger partial charge is 0.383 e. The van der Waals surface area contributed by atoms with Crippen LogP contribution in [-0.4, -0.2) is 29.2 Å². The number of thiazole rings is 1. The summed E-state index contributed by atoms with van der Waals surface area (Å²) < 4.78 is 53.6. The van der Waals surface area contributed by atoms with E-state index < -0.39 is 34.9 Å². The van der Waals surface area contributed by atoms with E-state index >= 15 is 0 Å². The number of benzene rings is 2. The van der Waals surface area contributed by atoms with E-state index in [1.807, 2.05) is 13.8 Å². The van der Waals surface area contributed by atoms with Crippen molar-refractivity contribution in [1.29, 1.82) is 0 Å². The minimum atomic E-state index is -4.71. The number of nitrogens with zero attached hydrogens (tertiary/aromatic N) is 2. The summed E-state index contributed by atoms with van der Waals surface area (Å²) in [7, 11) is 0. The van der Waals surface area contributed by atoms with Crippen LogP contribution in [-0.2, 0) is 11.8 Å². The molecule has 2 heterocycles. The van der Waals surface area contributed by atoms with Crippen LogP contribution in [0.1, 0.15) is 37.3 Å². The summed E-state index contributed by atoms with van der Waals surface area (Å²) >= 11 is 1.34. The number of alkyl halides is 3. The van der Waals surface area contributed by atoms with Crippen LogP contribution in [0.15, 0.2) is 48.7 Å². The van der Waals surface area contributed by atoms with Gasteiger partial charge in [0.15, 0.2) is 0 Å². The predicted octanol–water partition coefficient (Wildman–Crippen LogP) is 5.78. The fourth-order valence-electron chi connectivity index (χ4n) is 3.70. The Hall–Kier alpha value is -3.02. The average Bonchev–Trinajstić information content (AvgIpc) is 3.33. The number of anilines is 2. The lowest BCUT2D eigenvalue weighted by atomic mass is 9.93. The normalized spacial score (nSPS) is 15.2. The van der Waals surface area contributed by atoms with Gasteiger partial charge in [0.1, 0.15) is 16.4 Å². The fourth-order valence-corrected chi connectivity index (χ4v) is 4.76. The number of carbonyl (C=O) groups excluding carboxylic acids is 1. The molecule has 1 saturated heterocycles. The zero-order valence-corrected chi connectivity index (χ0v) is 20.0. The Kier molecular flexibility index (Phi) is 8.14. The Morgan fingerprint density at radius 3 is 2.34 bits per heavy atom. The zero-order chi connectivity index (χ0) is 25.8. The maximum atomic E-state index is 14.4. The molecule has 0 unspecified atom stereocenters. The van der Waals surface area contributed by atoms with Crippen molar-refractivity contribution in [3.8, 4) is 10.4 Å². The summed E-state index contributed by atoms with van der Waals surface area (Å²) in [4.78, 5) is 17.9. The third kappa shape index (κ3) is 5.80. The molecule has 0 saturated carbocycles. The topological polar surface area (TPSA) is 91.5 Å². The van der Waals surface area contributed by atoms with Crippen LogP contribution < -0.4 is 16.0 Å². The molecule has 0 bridgehead atoms. The Labute approximate surface area is 204 Å². The quantitative estimate of drug-likeness (QED) is 0.388. The van der Waals surface area contributed by atoms with Crippen molar-refractivity contribution in [3.05, 3.63) is 65.0 Å². The molecule has 2 aromatic carbocycles. The molecule has 2 amide bonds. The van der Waals surface area contributed by atoms with Gasteiger partial charge in [-0.15, -0.1) is 11.3 Å². The molecule has 4 N–H and O–H groups in total. The first-order valence-corrected chi connectivity index (χ1v) is 11.9. The van der Waals surface area contributed by atoms with E-state index in [-0.39, 0.29) is 5.69 Å². The second kappa shape index (κ2) is 10.7. The Morgan fingerprint density at radius 2 is 1.77 bits per heavy atom. The monoisotopic (exact) mass is 510 g/mol. The number of urea groups is 1. The number of rotatable bonds is 4. The van der Waals surface area contributed by atoms with Crippen LogP contribution in [0.3, 0.4) is 0 Å². The van der Waals surface area contributed by atoms with Gasteiger partial charge in [-0.25, -0.2) is 14.2 Å². The van der Waals surface area contributed by atoms with E-state index in [4.69, 9.17) is 5.73 Å². The number of aromatic nitrogens is 1. The molecule has 188 valence electrons. The van der Waals surface area contributed by atoms with Crippen LogP contribution in [0.2, 0.25) is 0 Å². The second-order valence-electron chi connectivity index (χ2n) is 7.70. The Morgan fingerprint density at radius 1 is 1.14 bits per heavy atom. The maximum absolute atomic E-state index is 14.4. The van der Waals surface area contributed by atoms with Gasteiger partial charge < -0.3 is 16.2 Å². The van der Waals surface area contributed by atoms with E-state index in [2.05, 4.69) is 10.3 Å². The number of carbonyl (C=O) groups is 1. The summed E-state index contributed by atoms with van der Waals surface area (Å²) in [6, 6.07) is 6.82. The van der Waals surface area contributed by atoms with E-state index in [1.54, 1.807) is 18.3 Å². The molecule has 3 aromatic rings. The minimum Gasteiger partial charge on any atom is -0.383 e. The molecule has 0 spiro atoms. The Balaban J connectivity index is 0.00000167. The number of aliphatic hydroxyl groups is 1. The van der Waals surface area contributed by atoms with Gasteiger partial charge in [-0.2, -0.15) is 13.2 Å². The summed E-state index contributed by atoms with van der Waals surface area (Å²) in [6.45, 7) is 5.38. The number of primary amides is 1. The molecule has 0 radical (unpaired) electrons. The van der Waals surface area contributed by atoms with Crippen molar-refractivity contribution in [1.82, 2.24) is 10.3 Å². The van der Waals surface area contributed by atoms with Crippen LogP contribution in [0.4, 0.5) is 33.7 Å². The van der Waals surface area contributed by atoms with E-state index in [0.717, 1.165) is 4.88 Å². The zero-order valence-electron chi connectivity index (χ0n) is 19.2. The first kappa shape index (κ1) is 26.6. The lowest BCUT2D eigenvalue weighted by molar-refractivity contribution is -0.137.